The second kappa shape index (κ2) is 6.88. The number of amides is 2. The molecule has 2 aliphatic rings. The van der Waals surface area contributed by atoms with Crippen LogP contribution in [0, 0.1) is 5.92 Å². The van der Waals surface area contributed by atoms with Gasteiger partial charge in [-0.3, -0.25) is 19.8 Å². The van der Waals surface area contributed by atoms with Gasteiger partial charge < -0.3 is 14.4 Å². The van der Waals surface area contributed by atoms with Gasteiger partial charge in [0.1, 0.15) is 12.3 Å². The topological polar surface area (TPSA) is 114 Å². The van der Waals surface area contributed by atoms with E-state index in [1.807, 2.05) is 0 Å². The Hall–Kier alpha value is -2.26. The smallest absolute Gasteiger partial charge is 0.294 e. The minimum Gasteiger partial charge on any atom is -0.474 e. The lowest BCUT2D eigenvalue weighted by Crippen LogP contribution is -2.39. The number of hydrogen-bond donors (Lipinski definition) is 2. The third kappa shape index (κ3) is 3.40. The Balaban J connectivity index is 1.75. The summed E-state index contributed by atoms with van der Waals surface area (Å²) in [6, 6.07) is 0. The maximum Gasteiger partial charge on any atom is 0.294 e. The normalized spacial score (nSPS) is 18.6. The van der Waals surface area contributed by atoms with E-state index in [-0.39, 0.29) is 30.0 Å². The summed E-state index contributed by atoms with van der Waals surface area (Å²) in [4.78, 5) is 33.9. The molecule has 0 saturated carbocycles. The van der Waals surface area contributed by atoms with Crippen LogP contribution < -0.4 is 10.2 Å². The number of rotatable bonds is 2. The van der Waals surface area contributed by atoms with Crippen LogP contribution in [0.25, 0.3) is 0 Å². The first-order chi connectivity index (χ1) is 11.2. The van der Waals surface area contributed by atoms with E-state index in [0.717, 1.165) is 12.8 Å². The maximum absolute atomic E-state index is 12.6. The number of aromatic nitrogens is 2. The molecule has 2 amide bonds. The van der Waals surface area contributed by atoms with Gasteiger partial charge in [-0.05, 0) is 12.8 Å². The summed E-state index contributed by atoms with van der Waals surface area (Å²) in [5.74, 6) is -0.502. The first-order valence-corrected chi connectivity index (χ1v) is 7.48. The quantitative estimate of drug-likeness (QED) is 0.569. The molecule has 3 heterocycles. The first-order valence-electron chi connectivity index (χ1n) is 7.48. The molecule has 2 aliphatic heterocycles. The maximum atomic E-state index is 12.6. The molecular weight excluding hydrogens is 304 g/mol. The van der Waals surface area contributed by atoms with Gasteiger partial charge in [0.15, 0.2) is 5.69 Å². The minimum atomic E-state index is -0.761. The third-order valence-electron chi connectivity index (χ3n) is 3.97. The van der Waals surface area contributed by atoms with Crippen molar-refractivity contribution < 1.29 is 24.3 Å². The molecule has 1 aromatic heterocycles. The van der Waals surface area contributed by atoms with E-state index in [2.05, 4.69) is 9.97 Å². The second-order valence-corrected chi connectivity index (χ2v) is 5.44. The standard InChI is InChI=1S/C14H18N4O5/c19-12(17-21)10-7-15-11-8-18(3-6-23-13(11)16-10)14(20)9-1-4-22-5-2-9/h7,9,21H,1-6,8H2,(H,17,19). The van der Waals surface area contributed by atoms with Crippen molar-refractivity contribution in [2.24, 2.45) is 5.92 Å². The van der Waals surface area contributed by atoms with Crippen molar-refractivity contribution in [3.8, 4) is 5.88 Å². The molecule has 0 unspecified atom stereocenters. The Morgan fingerprint density at radius 1 is 1.30 bits per heavy atom. The Bertz CT molecular complexity index is 603. The largest absolute Gasteiger partial charge is 0.474 e. The van der Waals surface area contributed by atoms with Crippen molar-refractivity contribution in [3.05, 3.63) is 17.6 Å². The number of nitrogens with zero attached hydrogens (tertiary/aromatic N) is 3. The summed E-state index contributed by atoms with van der Waals surface area (Å²) in [5.41, 5.74) is 1.95. The van der Waals surface area contributed by atoms with E-state index in [4.69, 9.17) is 14.7 Å². The molecule has 0 atom stereocenters. The molecule has 124 valence electrons. The van der Waals surface area contributed by atoms with Crippen LogP contribution in [-0.2, 0) is 16.1 Å². The fraction of sp³-hybridized carbons (Fsp3) is 0.571. The van der Waals surface area contributed by atoms with Gasteiger partial charge in [-0.25, -0.2) is 10.5 Å². The van der Waals surface area contributed by atoms with Gasteiger partial charge in [0.2, 0.25) is 11.8 Å². The van der Waals surface area contributed by atoms with Gasteiger partial charge in [-0.15, -0.1) is 0 Å². The molecule has 9 heteroatoms. The van der Waals surface area contributed by atoms with Crippen molar-refractivity contribution >= 4 is 11.8 Å². The Morgan fingerprint density at radius 2 is 2.09 bits per heavy atom. The molecule has 23 heavy (non-hydrogen) atoms. The molecule has 0 aliphatic carbocycles. The van der Waals surface area contributed by atoms with Crippen molar-refractivity contribution in [1.29, 1.82) is 0 Å². The number of ether oxygens (including phenoxy) is 2. The van der Waals surface area contributed by atoms with Crippen LogP contribution in [0.2, 0.25) is 0 Å². The fourth-order valence-electron chi connectivity index (χ4n) is 2.69. The molecular formula is C14H18N4O5. The molecule has 1 fully saturated rings. The van der Waals surface area contributed by atoms with Crippen LogP contribution >= 0.6 is 0 Å². The summed E-state index contributed by atoms with van der Waals surface area (Å²) in [7, 11) is 0. The van der Waals surface area contributed by atoms with Crippen molar-refractivity contribution in [3.63, 3.8) is 0 Å². The minimum absolute atomic E-state index is 0.0299. The van der Waals surface area contributed by atoms with E-state index in [1.54, 1.807) is 4.90 Å². The fourth-order valence-corrected chi connectivity index (χ4v) is 2.69. The average molecular weight is 322 g/mol. The molecule has 1 saturated heterocycles. The van der Waals surface area contributed by atoms with E-state index in [1.165, 1.54) is 11.7 Å². The Labute approximate surface area is 132 Å². The van der Waals surface area contributed by atoms with E-state index >= 15 is 0 Å². The van der Waals surface area contributed by atoms with Crippen LogP contribution in [0.15, 0.2) is 6.20 Å². The molecule has 3 rings (SSSR count). The number of nitrogens with one attached hydrogen (secondary N) is 1. The van der Waals surface area contributed by atoms with Gasteiger partial charge in [-0.2, -0.15) is 0 Å². The summed E-state index contributed by atoms with van der Waals surface area (Å²) in [6.07, 6.45) is 2.70. The highest BCUT2D eigenvalue weighted by Gasteiger charge is 2.29. The highest BCUT2D eigenvalue weighted by Crippen LogP contribution is 2.23. The predicted molar refractivity (Wildman–Crippen MR) is 75.7 cm³/mol. The van der Waals surface area contributed by atoms with Crippen LogP contribution in [0.3, 0.4) is 0 Å². The summed E-state index contributed by atoms with van der Waals surface area (Å²) < 4.78 is 10.8. The molecule has 0 radical (unpaired) electrons. The summed E-state index contributed by atoms with van der Waals surface area (Å²) >= 11 is 0. The van der Waals surface area contributed by atoms with Crippen LogP contribution in [0.4, 0.5) is 0 Å². The van der Waals surface area contributed by atoms with E-state index in [9.17, 15) is 9.59 Å². The molecule has 0 bridgehead atoms. The number of hydroxylamine groups is 1. The lowest BCUT2D eigenvalue weighted by molar-refractivity contribution is -0.139. The summed E-state index contributed by atoms with van der Waals surface area (Å²) in [5, 5.41) is 8.64. The number of carbonyl (C=O) groups excluding carboxylic acids is 2. The number of carbonyl (C=O) groups is 2. The highest BCUT2D eigenvalue weighted by atomic mass is 16.5. The Kier molecular flexibility index (Phi) is 4.68. The van der Waals surface area contributed by atoms with Gasteiger partial charge >= 0.3 is 0 Å². The van der Waals surface area contributed by atoms with Gasteiger partial charge in [-0.1, -0.05) is 0 Å². The SMILES string of the molecule is O=C(NO)c1cnc2c(n1)OCCN(C(=O)C1CCOCC1)C2. The lowest BCUT2D eigenvalue weighted by Gasteiger charge is -2.27. The van der Waals surface area contributed by atoms with E-state index < -0.39 is 5.91 Å². The summed E-state index contributed by atoms with van der Waals surface area (Å²) in [6.45, 7) is 2.23. The van der Waals surface area contributed by atoms with E-state index in [0.29, 0.717) is 32.0 Å². The van der Waals surface area contributed by atoms with Crippen LogP contribution in [0.5, 0.6) is 5.88 Å². The molecule has 9 nitrogen and oxygen atoms in total. The van der Waals surface area contributed by atoms with Gasteiger partial charge in [0.05, 0.1) is 19.3 Å². The average Bonchev–Trinajstić information content (AvgIpc) is 2.82. The monoisotopic (exact) mass is 322 g/mol. The zero-order valence-corrected chi connectivity index (χ0v) is 12.5. The van der Waals surface area contributed by atoms with Crippen LogP contribution in [-0.4, -0.2) is 58.3 Å². The number of hydrogen-bond acceptors (Lipinski definition) is 7. The van der Waals surface area contributed by atoms with Crippen molar-refractivity contribution in [2.75, 3.05) is 26.4 Å². The molecule has 0 spiro atoms. The molecule has 2 N–H and O–H groups in total. The zero-order chi connectivity index (χ0) is 16.2. The van der Waals surface area contributed by atoms with Crippen LogP contribution in [0.1, 0.15) is 29.0 Å². The molecule has 0 aromatic carbocycles. The van der Waals surface area contributed by atoms with Gasteiger partial charge in [0.25, 0.3) is 5.91 Å². The predicted octanol–water partition coefficient (Wildman–Crippen LogP) is -0.257. The number of fused-ring (bicyclic) bond motifs is 1. The Morgan fingerprint density at radius 3 is 2.83 bits per heavy atom. The van der Waals surface area contributed by atoms with Gasteiger partial charge in [0, 0.05) is 19.1 Å². The zero-order valence-electron chi connectivity index (χ0n) is 12.5. The second-order valence-electron chi connectivity index (χ2n) is 5.44. The van der Waals surface area contributed by atoms with Crippen molar-refractivity contribution in [1.82, 2.24) is 20.3 Å². The first kappa shape index (κ1) is 15.6. The highest BCUT2D eigenvalue weighted by molar-refractivity contribution is 5.91. The van der Waals surface area contributed by atoms with Crippen molar-refractivity contribution in [2.45, 2.75) is 19.4 Å². The molecule has 1 aromatic rings. The lowest BCUT2D eigenvalue weighted by atomic mass is 9.98. The third-order valence-corrected chi connectivity index (χ3v) is 3.97.